The molecule has 8 heteroatoms. The third kappa shape index (κ3) is 5.47. The Balaban J connectivity index is 0.00000156. The molecule has 1 heterocycles. The third-order valence-electron chi connectivity index (χ3n) is 3.98. The molecule has 5 nitrogen and oxygen atoms in total. The largest absolute Gasteiger partial charge is 0.439 e. The van der Waals surface area contributed by atoms with E-state index in [0.29, 0.717) is 22.3 Å². The van der Waals surface area contributed by atoms with Crippen molar-refractivity contribution in [3.8, 4) is 11.6 Å². The molecule has 1 fully saturated rings. The molecule has 2 aromatic rings. The summed E-state index contributed by atoms with van der Waals surface area (Å²) in [5.41, 5.74) is 5.98. The van der Waals surface area contributed by atoms with Gasteiger partial charge in [0.15, 0.2) is 0 Å². The van der Waals surface area contributed by atoms with Gasteiger partial charge in [0.2, 0.25) is 11.8 Å². The normalized spacial score (nSPS) is 14.8. The zero-order valence-corrected chi connectivity index (χ0v) is 15.8. The van der Waals surface area contributed by atoms with Crippen LogP contribution in [0.25, 0.3) is 0 Å². The number of rotatable bonds is 4. The van der Waals surface area contributed by atoms with E-state index in [4.69, 9.17) is 22.1 Å². The highest BCUT2D eigenvalue weighted by atomic mass is 35.5. The van der Waals surface area contributed by atoms with Gasteiger partial charge >= 0.3 is 0 Å². The van der Waals surface area contributed by atoms with Crippen molar-refractivity contribution < 1.29 is 9.53 Å². The molecule has 1 amide bonds. The van der Waals surface area contributed by atoms with Gasteiger partial charge < -0.3 is 15.8 Å². The van der Waals surface area contributed by atoms with Gasteiger partial charge in [-0.15, -0.1) is 24.8 Å². The minimum atomic E-state index is -0.752. The number of carbonyl (C=O) groups excluding carboxylic acids is 1. The third-order valence-corrected chi connectivity index (χ3v) is 4.23. The number of benzene rings is 1. The number of nitrogens with two attached hydrogens (primary N) is 1. The van der Waals surface area contributed by atoms with E-state index in [-0.39, 0.29) is 30.7 Å². The highest BCUT2D eigenvalue weighted by molar-refractivity contribution is 6.30. The molecule has 25 heavy (non-hydrogen) atoms. The Labute approximate surface area is 164 Å². The molecule has 1 aliphatic carbocycles. The van der Waals surface area contributed by atoms with E-state index >= 15 is 0 Å². The molecule has 0 radical (unpaired) electrons. The first kappa shape index (κ1) is 21.5. The lowest BCUT2D eigenvalue weighted by Gasteiger charge is -2.22. The molecular weight excluding hydrogens is 385 g/mol. The van der Waals surface area contributed by atoms with Gasteiger partial charge in [-0.1, -0.05) is 24.4 Å². The molecule has 0 unspecified atom stereocenters. The second-order valence-corrected chi connectivity index (χ2v) is 6.19. The Hall–Kier alpha value is -1.53. The number of nitrogens with zero attached hydrogens (tertiary/aromatic N) is 1. The van der Waals surface area contributed by atoms with Crippen LogP contribution < -0.4 is 15.8 Å². The fraction of sp³-hybridized carbons (Fsp3) is 0.294. The SMILES string of the molecule is Cl.Cl.NC1(C(=O)Nc2ccc(Oc3ccc(Cl)cc3)nc2)CCCC1. The Kier molecular flexibility index (Phi) is 7.96. The minimum Gasteiger partial charge on any atom is -0.439 e. The molecule has 0 bridgehead atoms. The fourth-order valence-corrected chi connectivity index (χ4v) is 2.75. The van der Waals surface area contributed by atoms with E-state index in [0.717, 1.165) is 25.7 Å². The predicted molar refractivity (Wildman–Crippen MR) is 104 cm³/mol. The number of nitrogens with one attached hydrogen (secondary N) is 1. The van der Waals surface area contributed by atoms with Crippen LogP contribution in [0.2, 0.25) is 5.02 Å². The zero-order valence-electron chi connectivity index (χ0n) is 13.4. The van der Waals surface area contributed by atoms with E-state index in [1.807, 2.05) is 0 Å². The van der Waals surface area contributed by atoms with Crippen LogP contribution in [-0.4, -0.2) is 16.4 Å². The van der Waals surface area contributed by atoms with Crippen LogP contribution in [0, 0.1) is 0 Å². The van der Waals surface area contributed by atoms with Crippen molar-refractivity contribution in [1.82, 2.24) is 4.98 Å². The van der Waals surface area contributed by atoms with Gasteiger partial charge in [-0.05, 0) is 43.2 Å². The average Bonchev–Trinajstić information content (AvgIpc) is 3.00. The molecule has 0 spiro atoms. The van der Waals surface area contributed by atoms with E-state index in [9.17, 15) is 4.79 Å². The molecule has 0 saturated heterocycles. The lowest BCUT2D eigenvalue weighted by atomic mass is 9.98. The van der Waals surface area contributed by atoms with Crippen LogP contribution in [0.3, 0.4) is 0 Å². The summed E-state index contributed by atoms with van der Waals surface area (Å²) in [7, 11) is 0. The topological polar surface area (TPSA) is 77.2 Å². The zero-order chi connectivity index (χ0) is 16.3. The Morgan fingerprint density at radius 2 is 1.76 bits per heavy atom. The van der Waals surface area contributed by atoms with Gasteiger partial charge in [-0.25, -0.2) is 4.98 Å². The maximum absolute atomic E-state index is 12.2. The number of hydrogen-bond acceptors (Lipinski definition) is 4. The first-order valence-electron chi connectivity index (χ1n) is 7.55. The van der Waals surface area contributed by atoms with Crippen LogP contribution >= 0.6 is 36.4 Å². The molecule has 136 valence electrons. The fourth-order valence-electron chi connectivity index (χ4n) is 2.63. The van der Waals surface area contributed by atoms with Crippen LogP contribution in [0.4, 0.5) is 5.69 Å². The molecule has 1 aromatic carbocycles. The van der Waals surface area contributed by atoms with E-state index in [1.165, 1.54) is 0 Å². The highest BCUT2D eigenvalue weighted by Gasteiger charge is 2.36. The Morgan fingerprint density at radius 1 is 1.12 bits per heavy atom. The van der Waals surface area contributed by atoms with E-state index in [1.54, 1.807) is 42.6 Å². The summed E-state index contributed by atoms with van der Waals surface area (Å²) in [4.78, 5) is 16.4. The molecule has 1 aliphatic rings. The number of hydrogen-bond donors (Lipinski definition) is 2. The molecule has 3 N–H and O–H groups in total. The van der Waals surface area contributed by atoms with Crippen molar-refractivity contribution in [2.45, 2.75) is 31.2 Å². The summed E-state index contributed by atoms with van der Waals surface area (Å²) < 4.78 is 5.61. The van der Waals surface area contributed by atoms with Crippen LogP contribution in [0.5, 0.6) is 11.6 Å². The van der Waals surface area contributed by atoms with Gasteiger partial charge in [-0.3, -0.25) is 4.79 Å². The van der Waals surface area contributed by atoms with Crippen LogP contribution in [0.15, 0.2) is 42.6 Å². The number of pyridine rings is 1. The maximum Gasteiger partial charge on any atom is 0.244 e. The Bertz CT molecular complexity index is 687. The number of halogens is 3. The molecule has 0 atom stereocenters. The van der Waals surface area contributed by atoms with Crippen molar-refractivity contribution in [2.24, 2.45) is 5.73 Å². The average molecular weight is 405 g/mol. The first-order valence-corrected chi connectivity index (χ1v) is 7.93. The summed E-state index contributed by atoms with van der Waals surface area (Å²) in [5, 5.41) is 3.47. The summed E-state index contributed by atoms with van der Waals surface area (Å²) in [6.07, 6.45) is 5.00. The lowest BCUT2D eigenvalue weighted by molar-refractivity contribution is -0.121. The molecule has 1 aromatic heterocycles. The second kappa shape index (κ2) is 9.25. The smallest absolute Gasteiger partial charge is 0.244 e. The molecule has 0 aliphatic heterocycles. The van der Waals surface area contributed by atoms with Gasteiger partial charge in [0.1, 0.15) is 5.75 Å². The van der Waals surface area contributed by atoms with Gasteiger partial charge in [0.25, 0.3) is 0 Å². The first-order chi connectivity index (χ1) is 11.0. The van der Waals surface area contributed by atoms with Crippen molar-refractivity contribution >= 4 is 48.0 Å². The van der Waals surface area contributed by atoms with Crippen molar-refractivity contribution in [3.63, 3.8) is 0 Å². The summed E-state index contributed by atoms with van der Waals surface area (Å²) in [5.74, 6) is 0.933. The van der Waals surface area contributed by atoms with E-state index < -0.39 is 5.54 Å². The quantitative estimate of drug-likeness (QED) is 0.782. The van der Waals surface area contributed by atoms with Gasteiger partial charge in [0, 0.05) is 11.1 Å². The Morgan fingerprint density at radius 3 is 2.32 bits per heavy atom. The monoisotopic (exact) mass is 403 g/mol. The van der Waals surface area contributed by atoms with Gasteiger partial charge in [-0.2, -0.15) is 0 Å². The van der Waals surface area contributed by atoms with Crippen LogP contribution in [-0.2, 0) is 4.79 Å². The number of ether oxygens (including phenoxy) is 1. The molecular formula is C17H20Cl3N3O2. The van der Waals surface area contributed by atoms with E-state index in [2.05, 4.69) is 10.3 Å². The minimum absolute atomic E-state index is 0. The highest BCUT2D eigenvalue weighted by Crippen LogP contribution is 2.28. The standard InChI is InChI=1S/C17H18ClN3O2.2ClH/c18-12-3-6-14(7-4-12)23-15-8-5-13(11-20-15)21-16(22)17(19)9-1-2-10-17;;/h3-8,11H,1-2,9-10,19H2,(H,21,22);2*1H. The second-order valence-electron chi connectivity index (χ2n) is 5.76. The summed E-state index contributed by atoms with van der Waals surface area (Å²) in [6.45, 7) is 0. The van der Waals surface area contributed by atoms with Crippen LogP contribution in [0.1, 0.15) is 25.7 Å². The summed E-state index contributed by atoms with van der Waals surface area (Å²) in [6, 6.07) is 10.5. The van der Waals surface area contributed by atoms with Crippen molar-refractivity contribution in [1.29, 1.82) is 0 Å². The predicted octanol–water partition coefficient (Wildman–Crippen LogP) is 4.58. The van der Waals surface area contributed by atoms with Crippen molar-refractivity contribution in [2.75, 3.05) is 5.32 Å². The maximum atomic E-state index is 12.2. The van der Waals surface area contributed by atoms with Gasteiger partial charge in [0.05, 0.1) is 17.4 Å². The van der Waals surface area contributed by atoms with Crippen molar-refractivity contribution in [3.05, 3.63) is 47.6 Å². The lowest BCUT2D eigenvalue weighted by Crippen LogP contribution is -2.48. The molecule has 3 rings (SSSR count). The number of aromatic nitrogens is 1. The number of amides is 1. The number of anilines is 1. The number of carbonyl (C=O) groups is 1. The summed E-state index contributed by atoms with van der Waals surface area (Å²) >= 11 is 5.83. The molecule has 1 saturated carbocycles.